The molecule has 48 heavy (non-hydrogen) atoms. The Hall–Kier alpha value is -4.44. The molecule has 0 N–H and O–H groups in total. The molecule has 2 aromatic heterocycles. The summed E-state index contributed by atoms with van der Waals surface area (Å²) in [5, 5.41) is 9.24. The summed E-state index contributed by atoms with van der Waals surface area (Å²) in [4.78, 5) is 40.8. The molecule has 1 aliphatic carbocycles. The predicted molar refractivity (Wildman–Crippen MR) is 178 cm³/mol. The van der Waals surface area contributed by atoms with E-state index >= 15 is 4.79 Å². The first-order chi connectivity index (χ1) is 23.2. The zero-order valence-corrected chi connectivity index (χ0v) is 28.0. The monoisotopic (exact) mass is 665 g/mol. The number of benzene rings is 1. The largest absolute Gasteiger partial charge is 0.339 e. The summed E-state index contributed by atoms with van der Waals surface area (Å²) in [5.41, 5.74) is 0.908. The third-order valence-electron chi connectivity index (χ3n) is 10.7. The number of fused-ring (bicyclic) bond motifs is 1. The van der Waals surface area contributed by atoms with E-state index in [-0.39, 0.29) is 29.6 Å². The molecule has 0 unspecified atom stereocenters. The molecule has 0 spiro atoms. The number of carbonyl (C=O) groups excluding carboxylic acids is 2. The molecule has 4 fully saturated rings. The molecule has 7 rings (SSSR count). The summed E-state index contributed by atoms with van der Waals surface area (Å²) in [6.45, 7) is 3.91. The predicted octanol–water partition coefficient (Wildman–Crippen LogP) is 3.78. The van der Waals surface area contributed by atoms with E-state index in [1.807, 2.05) is 36.2 Å². The van der Waals surface area contributed by atoms with Gasteiger partial charge in [-0.15, -0.1) is 0 Å². The number of hydrogen-bond donors (Lipinski definition) is 0. The third-order valence-corrected chi connectivity index (χ3v) is 12.7. The van der Waals surface area contributed by atoms with Gasteiger partial charge in [-0.1, -0.05) is 19.8 Å². The van der Waals surface area contributed by atoms with Crippen LogP contribution in [0.25, 0.3) is 0 Å². The Labute approximate surface area is 281 Å². The SMILES string of the molecule is CCCC1CCN(S(=O)(=O)N2C[C@@H]3[C@H](C2)[C@H]3N2C(=O)C(c3ccncc3)(c3ccncc3)N(C)C2=CC(=O)c2ccc(C#N)cc2)CC1. The second kappa shape index (κ2) is 12.5. The van der Waals surface area contributed by atoms with Crippen molar-refractivity contribution in [3.05, 3.63) is 107 Å². The number of aromatic nitrogens is 2. The van der Waals surface area contributed by atoms with Crippen LogP contribution in [0.5, 0.6) is 0 Å². The number of rotatable bonds is 9. The van der Waals surface area contributed by atoms with Gasteiger partial charge in [0, 0.05) is 87.5 Å². The Morgan fingerprint density at radius 2 is 1.50 bits per heavy atom. The molecule has 5 heterocycles. The fraction of sp³-hybridized carbons (Fsp3) is 0.417. The second-order valence-corrected chi connectivity index (χ2v) is 15.2. The molecule has 12 heteroatoms. The lowest BCUT2D eigenvalue weighted by Gasteiger charge is -2.35. The average Bonchev–Trinajstić information content (AvgIpc) is 3.47. The summed E-state index contributed by atoms with van der Waals surface area (Å²) >= 11 is 0. The number of amides is 1. The summed E-state index contributed by atoms with van der Waals surface area (Å²) in [6, 6.07) is 15.4. The number of carbonyl (C=O) groups is 2. The standard InChI is InChI=1S/C36H39N7O4S/c1-3-4-25-13-19-41(20-14-25)48(46,47)42-23-30-31(24-42)34(30)43-33(21-32(44)27-7-5-26(22-37)6-8-27)40(2)36(35(43)45,28-9-15-38-16-10-28)29-11-17-39-18-12-29/h5-12,15-18,21,25,30-31,34H,3-4,13-14,19-20,23-24H2,1-2H3/t30-,31+,34+. The number of nitriles is 1. The molecule has 3 aromatic rings. The summed E-state index contributed by atoms with van der Waals surface area (Å²) in [7, 11) is -1.80. The second-order valence-electron chi connectivity index (χ2n) is 13.2. The molecular formula is C36H39N7O4S. The van der Waals surface area contributed by atoms with Crippen molar-refractivity contribution >= 4 is 21.9 Å². The van der Waals surface area contributed by atoms with Crippen molar-refractivity contribution in [1.29, 1.82) is 5.26 Å². The molecule has 0 bridgehead atoms. The van der Waals surface area contributed by atoms with Crippen LogP contribution in [0.1, 0.15) is 59.7 Å². The zero-order chi connectivity index (χ0) is 33.6. The lowest BCUT2D eigenvalue weighted by atomic mass is 9.82. The van der Waals surface area contributed by atoms with E-state index in [0.29, 0.717) is 60.2 Å². The van der Waals surface area contributed by atoms with E-state index in [0.717, 1.165) is 25.7 Å². The number of piperidine rings is 2. The number of hydrogen-bond acceptors (Lipinski definition) is 8. The zero-order valence-electron chi connectivity index (χ0n) is 27.1. The van der Waals surface area contributed by atoms with Crippen LogP contribution < -0.4 is 0 Å². The van der Waals surface area contributed by atoms with Crippen LogP contribution in [0.15, 0.2) is 85.2 Å². The van der Waals surface area contributed by atoms with Gasteiger partial charge in [-0.3, -0.25) is 24.5 Å². The van der Waals surface area contributed by atoms with Gasteiger partial charge in [0.05, 0.1) is 11.6 Å². The lowest BCUT2D eigenvalue weighted by Crippen LogP contribution is -2.49. The van der Waals surface area contributed by atoms with Gasteiger partial charge in [0.2, 0.25) is 0 Å². The fourth-order valence-electron chi connectivity index (χ4n) is 8.13. The Kier molecular flexibility index (Phi) is 8.39. The van der Waals surface area contributed by atoms with E-state index in [4.69, 9.17) is 0 Å². The minimum atomic E-state index is -3.61. The van der Waals surface area contributed by atoms with Crippen molar-refractivity contribution in [2.75, 3.05) is 33.2 Å². The molecule has 11 nitrogen and oxygen atoms in total. The Balaban J connectivity index is 1.23. The van der Waals surface area contributed by atoms with Crippen molar-refractivity contribution in [2.45, 2.75) is 44.2 Å². The maximum atomic E-state index is 15.1. The lowest BCUT2D eigenvalue weighted by molar-refractivity contribution is -0.132. The van der Waals surface area contributed by atoms with Gasteiger partial charge in [0.15, 0.2) is 11.3 Å². The number of likely N-dealkylation sites (N-methyl/N-ethyl adjacent to an activating group) is 1. The maximum Gasteiger partial charge on any atom is 0.281 e. The number of allylic oxidation sites excluding steroid dienone is 1. The van der Waals surface area contributed by atoms with Crippen molar-refractivity contribution in [3.8, 4) is 6.07 Å². The van der Waals surface area contributed by atoms with Gasteiger partial charge >= 0.3 is 0 Å². The topological polar surface area (TPSA) is 131 Å². The number of pyridine rings is 2. The van der Waals surface area contributed by atoms with Crippen LogP contribution in [0.3, 0.4) is 0 Å². The Bertz CT molecular complexity index is 1820. The van der Waals surface area contributed by atoms with Crippen molar-refractivity contribution < 1.29 is 18.0 Å². The molecule has 0 radical (unpaired) electrons. The normalized spacial score (nSPS) is 25.3. The smallest absolute Gasteiger partial charge is 0.281 e. The quantitative estimate of drug-likeness (QED) is 0.250. The summed E-state index contributed by atoms with van der Waals surface area (Å²) in [6.07, 6.45) is 12.1. The first-order valence-corrected chi connectivity index (χ1v) is 18.0. The molecule has 248 valence electrons. The molecule has 1 amide bonds. The first-order valence-electron chi connectivity index (χ1n) is 16.6. The van der Waals surface area contributed by atoms with Gasteiger partial charge < -0.3 is 4.90 Å². The van der Waals surface area contributed by atoms with Crippen LogP contribution in [0.4, 0.5) is 0 Å². The average molecular weight is 666 g/mol. The van der Waals surface area contributed by atoms with Crippen molar-refractivity contribution in [1.82, 2.24) is 28.4 Å². The van der Waals surface area contributed by atoms with E-state index in [9.17, 15) is 18.5 Å². The molecule has 1 aromatic carbocycles. The van der Waals surface area contributed by atoms with Gasteiger partial charge in [0.1, 0.15) is 5.82 Å². The highest BCUT2D eigenvalue weighted by molar-refractivity contribution is 7.86. The highest BCUT2D eigenvalue weighted by Gasteiger charge is 2.68. The molecule has 1 saturated carbocycles. The molecule has 3 aliphatic heterocycles. The molecule has 3 saturated heterocycles. The first kappa shape index (κ1) is 32.1. The minimum Gasteiger partial charge on any atom is -0.339 e. The van der Waals surface area contributed by atoms with Crippen LogP contribution in [0, 0.1) is 29.1 Å². The highest BCUT2D eigenvalue weighted by atomic mass is 32.2. The van der Waals surface area contributed by atoms with Gasteiger partial charge in [0.25, 0.3) is 16.1 Å². The fourth-order valence-corrected chi connectivity index (χ4v) is 9.85. The summed E-state index contributed by atoms with van der Waals surface area (Å²) in [5.74, 6) is 0.376. The maximum absolute atomic E-state index is 15.1. The van der Waals surface area contributed by atoms with Crippen LogP contribution in [0.2, 0.25) is 0 Å². The minimum absolute atomic E-state index is 0.0613. The Morgan fingerprint density at radius 3 is 2.02 bits per heavy atom. The van der Waals surface area contributed by atoms with Crippen LogP contribution in [-0.2, 0) is 20.5 Å². The van der Waals surface area contributed by atoms with E-state index in [1.54, 1.807) is 62.6 Å². The van der Waals surface area contributed by atoms with E-state index in [1.165, 1.54) is 6.08 Å². The van der Waals surface area contributed by atoms with Crippen LogP contribution >= 0.6 is 0 Å². The molecule has 3 atom stereocenters. The van der Waals surface area contributed by atoms with Gasteiger partial charge in [-0.2, -0.15) is 22.3 Å². The Morgan fingerprint density at radius 1 is 0.938 bits per heavy atom. The van der Waals surface area contributed by atoms with Crippen molar-refractivity contribution in [3.63, 3.8) is 0 Å². The van der Waals surface area contributed by atoms with Gasteiger partial charge in [-0.05, 0) is 78.4 Å². The van der Waals surface area contributed by atoms with Crippen LogP contribution in [-0.4, -0.2) is 87.8 Å². The van der Waals surface area contributed by atoms with E-state index < -0.39 is 15.7 Å². The summed E-state index contributed by atoms with van der Waals surface area (Å²) < 4.78 is 30.7. The number of ketones is 1. The van der Waals surface area contributed by atoms with Crippen molar-refractivity contribution in [2.24, 2.45) is 17.8 Å². The molecular weight excluding hydrogens is 627 g/mol. The van der Waals surface area contributed by atoms with E-state index in [2.05, 4.69) is 23.0 Å². The highest BCUT2D eigenvalue weighted by Crippen LogP contribution is 2.56. The van der Waals surface area contributed by atoms with Gasteiger partial charge in [-0.25, -0.2) is 0 Å². The number of nitrogens with zero attached hydrogens (tertiary/aromatic N) is 7. The molecule has 4 aliphatic rings. The third kappa shape index (κ3) is 5.21.